The first-order chi connectivity index (χ1) is 12.6. The zero-order valence-corrected chi connectivity index (χ0v) is 16.9. The number of nitrogens with one attached hydrogen (secondary N) is 1. The van der Waals surface area contributed by atoms with Gasteiger partial charge in [0.2, 0.25) is 0 Å². The molecule has 1 aliphatic rings. The molecule has 1 saturated heterocycles. The summed E-state index contributed by atoms with van der Waals surface area (Å²) in [4.78, 5) is 9.45. The molecule has 2 rings (SSSR count). The first kappa shape index (κ1) is 20.6. The number of aryl methyl sites for hydroxylation is 1. The Kier molecular flexibility index (Phi) is 8.84. The van der Waals surface area contributed by atoms with Crippen LogP contribution < -0.4 is 5.32 Å². The maximum absolute atomic E-state index is 5.40. The third-order valence-electron chi connectivity index (χ3n) is 4.80. The molecule has 0 spiro atoms. The van der Waals surface area contributed by atoms with Gasteiger partial charge in [-0.15, -0.1) is 10.2 Å². The number of unbranched alkanes of at least 4 members (excludes halogenated alkanes) is 1. The van der Waals surface area contributed by atoms with E-state index in [1.807, 2.05) is 18.5 Å². The minimum Gasteiger partial charge on any atom is -0.379 e. The molecular weight excluding hydrogens is 330 g/mol. The maximum Gasteiger partial charge on any atom is 0.194 e. The van der Waals surface area contributed by atoms with Crippen LogP contribution in [0.15, 0.2) is 4.99 Å². The van der Waals surface area contributed by atoms with Gasteiger partial charge in [-0.2, -0.15) is 0 Å². The van der Waals surface area contributed by atoms with E-state index in [-0.39, 0.29) is 0 Å². The molecule has 0 aromatic carbocycles. The lowest BCUT2D eigenvalue weighted by molar-refractivity contribution is 0.0375. The second kappa shape index (κ2) is 11.1. The van der Waals surface area contributed by atoms with Gasteiger partial charge in [-0.3, -0.25) is 4.90 Å². The van der Waals surface area contributed by atoms with Crippen LogP contribution in [-0.2, 0) is 18.3 Å². The summed E-state index contributed by atoms with van der Waals surface area (Å²) < 4.78 is 7.39. The molecule has 148 valence electrons. The molecule has 2 heterocycles. The van der Waals surface area contributed by atoms with Gasteiger partial charge in [0.25, 0.3) is 0 Å². The van der Waals surface area contributed by atoms with E-state index in [0.29, 0.717) is 6.54 Å². The average molecular weight is 366 g/mol. The number of ether oxygens (including phenoxy) is 1. The smallest absolute Gasteiger partial charge is 0.194 e. The fourth-order valence-electron chi connectivity index (χ4n) is 2.87. The molecule has 1 aliphatic heterocycles. The van der Waals surface area contributed by atoms with E-state index >= 15 is 0 Å². The SMILES string of the molecule is CCCCN(C)C(=NCc1nnc(C)n1C)NCCCN1CCOCC1. The number of aromatic nitrogens is 3. The Morgan fingerprint density at radius 2 is 2.04 bits per heavy atom. The van der Waals surface area contributed by atoms with Crippen molar-refractivity contribution in [3.05, 3.63) is 11.6 Å². The third-order valence-corrected chi connectivity index (χ3v) is 4.80. The molecule has 1 aromatic rings. The second-order valence-electron chi connectivity index (χ2n) is 6.87. The predicted molar refractivity (Wildman–Crippen MR) is 104 cm³/mol. The number of rotatable bonds is 9. The van der Waals surface area contributed by atoms with Crippen molar-refractivity contribution in [2.45, 2.75) is 39.7 Å². The van der Waals surface area contributed by atoms with Gasteiger partial charge >= 0.3 is 0 Å². The molecule has 26 heavy (non-hydrogen) atoms. The highest BCUT2D eigenvalue weighted by molar-refractivity contribution is 5.79. The standard InChI is InChI=1S/C18H35N7O/c1-5-6-9-23(3)18(20-15-17-22-21-16(2)24(17)4)19-8-7-10-25-11-13-26-14-12-25/h5-15H2,1-4H3,(H,19,20). The van der Waals surface area contributed by atoms with E-state index in [9.17, 15) is 0 Å². The summed E-state index contributed by atoms with van der Waals surface area (Å²) in [6.45, 7) is 11.5. The van der Waals surface area contributed by atoms with Crippen LogP contribution in [0.5, 0.6) is 0 Å². The first-order valence-electron chi connectivity index (χ1n) is 9.76. The van der Waals surface area contributed by atoms with E-state index in [1.54, 1.807) is 0 Å². The molecule has 1 N–H and O–H groups in total. The minimum absolute atomic E-state index is 0.541. The van der Waals surface area contributed by atoms with Crippen LogP contribution in [0.2, 0.25) is 0 Å². The van der Waals surface area contributed by atoms with Crippen LogP contribution >= 0.6 is 0 Å². The highest BCUT2D eigenvalue weighted by atomic mass is 16.5. The molecular formula is C18H35N7O. The lowest BCUT2D eigenvalue weighted by atomic mass is 10.3. The Labute approximate surface area is 157 Å². The average Bonchev–Trinajstić information content (AvgIpc) is 2.98. The number of hydrogen-bond donors (Lipinski definition) is 1. The molecule has 1 fully saturated rings. The number of aliphatic imine (C=N–C) groups is 1. The Bertz CT molecular complexity index is 552. The first-order valence-corrected chi connectivity index (χ1v) is 9.76. The summed E-state index contributed by atoms with van der Waals surface area (Å²) in [6.07, 6.45) is 3.44. The van der Waals surface area contributed by atoms with Gasteiger partial charge in [0, 0.05) is 40.3 Å². The van der Waals surface area contributed by atoms with Gasteiger partial charge in [-0.1, -0.05) is 13.3 Å². The monoisotopic (exact) mass is 365 g/mol. The van der Waals surface area contributed by atoms with Crippen LogP contribution in [-0.4, -0.2) is 83.5 Å². The summed E-state index contributed by atoms with van der Waals surface area (Å²) in [5.74, 6) is 2.75. The number of morpholine rings is 1. The Morgan fingerprint density at radius 3 is 2.69 bits per heavy atom. The van der Waals surface area contributed by atoms with Crippen LogP contribution in [0.4, 0.5) is 0 Å². The van der Waals surface area contributed by atoms with E-state index in [4.69, 9.17) is 9.73 Å². The Hall–Kier alpha value is -1.67. The van der Waals surface area contributed by atoms with E-state index in [2.05, 4.69) is 39.3 Å². The number of guanidine groups is 1. The van der Waals surface area contributed by atoms with E-state index in [1.165, 1.54) is 6.42 Å². The largest absolute Gasteiger partial charge is 0.379 e. The van der Waals surface area contributed by atoms with Crippen LogP contribution in [0.25, 0.3) is 0 Å². The van der Waals surface area contributed by atoms with Gasteiger partial charge in [0.1, 0.15) is 12.4 Å². The van der Waals surface area contributed by atoms with Gasteiger partial charge in [-0.05, 0) is 26.3 Å². The summed E-state index contributed by atoms with van der Waals surface area (Å²) in [5.41, 5.74) is 0. The molecule has 0 saturated carbocycles. The highest BCUT2D eigenvalue weighted by Gasteiger charge is 2.11. The summed E-state index contributed by atoms with van der Waals surface area (Å²) >= 11 is 0. The summed E-state index contributed by atoms with van der Waals surface area (Å²) in [7, 11) is 4.09. The lowest BCUT2D eigenvalue weighted by Crippen LogP contribution is -2.42. The maximum atomic E-state index is 5.40. The van der Waals surface area contributed by atoms with Crippen molar-refractivity contribution < 1.29 is 4.74 Å². The zero-order chi connectivity index (χ0) is 18.8. The predicted octanol–water partition coefficient (Wildman–Crippen LogP) is 1.02. The molecule has 0 radical (unpaired) electrons. The van der Waals surface area contributed by atoms with E-state index in [0.717, 1.165) is 76.4 Å². The van der Waals surface area contributed by atoms with Crippen molar-refractivity contribution >= 4 is 5.96 Å². The van der Waals surface area contributed by atoms with E-state index < -0.39 is 0 Å². The Morgan fingerprint density at radius 1 is 1.27 bits per heavy atom. The summed E-state index contributed by atoms with van der Waals surface area (Å²) in [5, 5.41) is 11.8. The lowest BCUT2D eigenvalue weighted by Gasteiger charge is -2.27. The fourth-order valence-corrected chi connectivity index (χ4v) is 2.87. The van der Waals surface area contributed by atoms with Crippen LogP contribution in [0.1, 0.15) is 37.8 Å². The molecule has 0 amide bonds. The quantitative estimate of drug-likeness (QED) is 0.400. The van der Waals surface area contributed by atoms with Crippen molar-refractivity contribution in [2.24, 2.45) is 12.0 Å². The molecule has 1 aromatic heterocycles. The van der Waals surface area contributed by atoms with Gasteiger partial charge in [-0.25, -0.2) is 4.99 Å². The van der Waals surface area contributed by atoms with Crippen molar-refractivity contribution in [3.8, 4) is 0 Å². The topological polar surface area (TPSA) is 70.8 Å². The summed E-state index contributed by atoms with van der Waals surface area (Å²) in [6, 6.07) is 0. The number of nitrogens with zero attached hydrogens (tertiary/aromatic N) is 6. The van der Waals surface area contributed by atoms with Crippen molar-refractivity contribution in [1.29, 1.82) is 0 Å². The fraction of sp³-hybridized carbons (Fsp3) is 0.833. The molecule has 0 unspecified atom stereocenters. The van der Waals surface area contributed by atoms with Gasteiger partial charge in [0.05, 0.1) is 13.2 Å². The molecule has 0 atom stereocenters. The van der Waals surface area contributed by atoms with Crippen molar-refractivity contribution in [2.75, 3.05) is 53.0 Å². The third kappa shape index (κ3) is 6.57. The Balaban J connectivity index is 1.85. The van der Waals surface area contributed by atoms with Crippen LogP contribution in [0, 0.1) is 6.92 Å². The van der Waals surface area contributed by atoms with Crippen LogP contribution in [0.3, 0.4) is 0 Å². The molecule has 0 bridgehead atoms. The second-order valence-corrected chi connectivity index (χ2v) is 6.87. The normalized spacial score (nSPS) is 16.1. The van der Waals surface area contributed by atoms with Gasteiger partial charge in [0.15, 0.2) is 11.8 Å². The number of hydrogen-bond acceptors (Lipinski definition) is 5. The van der Waals surface area contributed by atoms with Gasteiger partial charge < -0.3 is 19.5 Å². The molecule has 8 nitrogen and oxygen atoms in total. The minimum atomic E-state index is 0.541. The highest BCUT2D eigenvalue weighted by Crippen LogP contribution is 2.02. The molecule has 8 heteroatoms. The zero-order valence-electron chi connectivity index (χ0n) is 16.9. The van der Waals surface area contributed by atoms with Crippen molar-refractivity contribution in [3.63, 3.8) is 0 Å². The van der Waals surface area contributed by atoms with Crippen molar-refractivity contribution in [1.82, 2.24) is 29.9 Å². The molecule has 0 aliphatic carbocycles.